The van der Waals surface area contributed by atoms with Crippen molar-refractivity contribution in [1.29, 1.82) is 0 Å². The fourth-order valence-corrected chi connectivity index (χ4v) is 4.59. The molecule has 5 rings (SSSR count). The molecule has 1 aliphatic rings. The minimum absolute atomic E-state index is 0.0193. The fraction of sp³-hybridized carbons (Fsp3) is 0.296. The molecule has 1 saturated heterocycles. The number of nitrogens with zero attached hydrogens (tertiary/aromatic N) is 5. The average molecular weight is 458 g/mol. The number of fused-ring (bicyclic) bond motifs is 1. The molecule has 0 atom stereocenters. The first-order valence-corrected chi connectivity index (χ1v) is 11.7. The number of amides is 1. The molecule has 7 heteroatoms. The van der Waals surface area contributed by atoms with Gasteiger partial charge in [0.1, 0.15) is 5.82 Å². The van der Waals surface area contributed by atoms with E-state index in [4.69, 9.17) is 4.98 Å². The molecule has 0 N–H and O–H groups in total. The Morgan fingerprint density at radius 1 is 1.03 bits per heavy atom. The maximum Gasteiger partial charge on any atom is 0.254 e. The van der Waals surface area contributed by atoms with Gasteiger partial charge in [0.15, 0.2) is 0 Å². The number of carbonyl (C=O) groups excluding carboxylic acids is 1. The van der Waals surface area contributed by atoms with Crippen LogP contribution in [0.15, 0.2) is 60.8 Å². The molecule has 0 radical (unpaired) electrons. The molecule has 0 bridgehead atoms. The third-order valence-corrected chi connectivity index (χ3v) is 6.45. The lowest BCUT2D eigenvalue weighted by molar-refractivity contribution is 0.0630. The van der Waals surface area contributed by atoms with E-state index in [9.17, 15) is 9.18 Å². The zero-order valence-electron chi connectivity index (χ0n) is 19.5. The molecular formula is C27H28FN5O. The van der Waals surface area contributed by atoms with Crippen molar-refractivity contribution >= 4 is 16.8 Å². The van der Waals surface area contributed by atoms with Gasteiger partial charge in [-0.3, -0.25) is 14.4 Å². The van der Waals surface area contributed by atoms with E-state index in [0.717, 1.165) is 53.1 Å². The number of aryl methyl sites for hydroxylation is 2. The lowest BCUT2D eigenvalue weighted by Crippen LogP contribution is -2.48. The molecule has 1 aliphatic heterocycles. The summed E-state index contributed by atoms with van der Waals surface area (Å²) in [6.45, 7) is 8.24. The maximum atomic E-state index is 13.7. The van der Waals surface area contributed by atoms with Crippen LogP contribution in [0.2, 0.25) is 0 Å². The number of para-hydroxylation sites is 1. The van der Waals surface area contributed by atoms with Crippen LogP contribution in [0.1, 0.15) is 28.5 Å². The monoisotopic (exact) mass is 457 g/mol. The molecule has 0 unspecified atom stereocenters. The second-order valence-electron chi connectivity index (χ2n) is 8.75. The van der Waals surface area contributed by atoms with Crippen molar-refractivity contribution in [3.8, 4) is 11.3 Å². The van der Waals surface area contributed by atoms with Gasteiger partial charge >= 0.3 is 0 Å². The molecule has 3 heterocycles. The number of benzene rings is 2. The summed E-state index contributed by atoms with van der Waals surface area (Å²) < 4.78 is 15.4. The first kappa shape index (κ1) is 22.2. The Balaban J connectivity index is 1.39. The molecule has 34 heavy (non-hydrogen) atoms. The van der Waals surface area contributed by atoms with Crippen LogP contribution in [-0.2, 0) is 13.1 Å². The summed E-state index contributed by atoms with van der Waals surface area (Å²) in [7, 11) is 0. The summed E-state index contributed by atoms with van der Waals surface area (Å²) in [4.78, 5) is 22.7. The third kappa shape index (κ3) is 4.43. The molecule has 4 aromatic rings. The standard InChI is InChI=1S/C27H28FN5O/c1-3-33-18-24(19(2)30-33)26-16-23(22-9-4-5-10-25(22)29-26)27(34)32-13-11-31(12-14-32)17-20-7-6-8-21(28)15-20/h4-10,15-16,18H,3,11-14,17H2,1-2H3. The number of aromatic nitrogens is 3. The second kappa shape index (κ2) is 9.35. The predicted molar refractivity (Wildman–Crippen MR) is 131 cm³/mol. The number of pyridine rings is 1. The lowest BCUT2D eigenvalue weighted by atomic mass is 10.0. The molecule has 1 fully saturated rings. The topological polar surface area (TPSA) is 54.3 Å². The van der Waals surface area contributed by atoms with Gasteiger partial charge in [-0.15, -0.1) is 0 Å². The number of halogens is 1. The summed E-state index contributed by atoms with van der Waals surface area (Å²) in [6, 6.07) is 16.4. The largest absolute Gasteiger partial charge is 0.336 e. The van der Waals surface area contributed by atoms with Crippen LogP contribution < -0.4 is 0 Å². The van der Waals surface area contributed by atoms with Crippen LogP contribution >= 0.6 is 0 Å². The van der Waals surface area contributed by atoms with E-state index in [-0.39, 0.29) is 11.7 Å². The molecule has 0 aliphatic carbocycles. The Morgan fingerprint density at radius 3 is 2.56 bits per heavy atom. The van der Waals surface area contributed by atoms with Crippen molar-refractivity contribution in [2.75, 3.05) is 26.2 Å². The van der Waals surface area contributed by atoms with Crippen LogP contribution in [0.5, 0.6) is 0 Å². The molecule has 1 amide bonds. The van der Waals surface area contributed by atoms with E-state index in [1.54, 1.807) is 12.1 Å². The van der Waals surface area contributed by atoms with Gasteiger partial charge in [0.2, 0.25) is 0 Å². The molecule has 0 saturated carbocycles. The van der Waals surface area contributed by atoms with Gasteiger partial charge in [-0.05, 0) is 43.7 Å². The predicted octanol–water partition coefficient (Wildman–Crippen LogP) is 4.52. The highest BCUT2D eigenvalue weighted by Gasteiger charge is 2.25. The normalized spacial score (nSPS) is 14.6. The second-order valence-corrected chi connectivity index (χ2v) is 8.75. The minimum atomic E-state index is -0.216. The Morgan fingerprint density at radius 2 is 1.82 bits per heavy atom. The number of hydrogen-bond donors (Lipinski definition) is 0. The molecule has 2 aromatic carbocycles. The minimum Gasteiger partial charge on any atom is -0.336 e. The number of piperazine rings is 1. The van der Waals surface area contributed by atoms with Gasteiger partial charge < -0.3 is 4.90 Å². The smallest absolute Gasteiger partial charge is 0.254 e. The summed E-state index contributed by atoms with van der Waals surface area (Å²) in [5.41, 5.74) is 5.03. The number of hydrogen-bond acceptors (Lipinski definition) is 4. The fourth-order valence-electron chi connectivity index (χ4n) is 4.59. The average Bonchev–Trinajstić information content (AvgIpc) is 3.24. The van der Waals surface area contributed by atoms with Gasteiger partial charge in [0.05, 0.1) is 22.5 Å². The highest BCUT2D eigenvalue weighted by atomic mass is 19.1. The Hall–Kier alpha value is -3.58. The third-order valence-electron chi connectivity index (χ3n) is 6.45. The SMILES string of the molecule is CCn1cc(-c2cc(C(=O)N3CCN(Cc4cccc(F)c4)CC3)c3ccccc3n2)c(C)n1. The van der Waals surface area contributed by atoms with Crippen LogP contribution in [0.25, 0.3) is 22.2 Å². The highest BCUT2D eigenvalue weighted by molar-refractivity contribution is 6.07. The van der Waals surface area contributed by atoms with Gasteiger partial charge in [-0.1, -0.05) is 30.3 Å². The van der Waals surface area contributed by atoms with Crippen LogP contribution in [0, 0.1) is 12.7 Å². The van der Waals surface area contributed by atoms with Gasteiger partial charge in [-0.25, -0.2) is 9.37 Å². The summed E-state index contributed by atoms with van der Waals surface area (Å²) in [6.07, 6.45) is 1.99. The van der Waals surface area contributed by atoms with Gasteiger partial charge in [0, 0.05) is 56.4 Å². The number of carbonyl (C=O) groups is 1. The van der Waals surface area contributed by atoms with Crippen LogP contribution in [-0.4, -0.2) is 56.7 Å². The van der Waals surface area contributed by atoms with E-state index in [0.29, 0.717) is 25.2 Å². The van der Waals surface area contributed by atoms with Gasteiger partial charge in [0.25, 0.3) is 5.91 Å². The molecule has 2 aromatic heterocycles. The van der Waals surface area contributed by atoms with Gasteiger partial charge in [-0.2, -0.15) is 5.10 Å². The van der Waals surface area contributed by atoms with Crippen molar-refractivity contribution < 1.29 is 9.18 Å². The maximum absolute atomic E-state index is 13.7. The molecule has 0 spiro atoms. The first-order valence-electron chi connectivity index (χ1n) is 11.7. The summed E-state index contributed by atoms with van der Waals surface area (Å²) in [5.74, 6) is -0.197. The lowest BCUT2D eigenvalue weighted by Gasteiger charge is -2.35. The van der Waals surface area contributed by atoms with Crippen LogP contribution in [0.3, 0.4) is 0 Å². The van der Waals surface area contributed by atoms with Crippen molar-refractivity contribution in [3.05, 3.63) is 83.4 Å². The zero-order valence-corrected chi connectivity index (χ0v) is 19.5. The van der Waals surface area contributed by atoms with E-state index < -0.39 is 0 Å². The first-order chi connectivity index (χ1) is 16.5. The van der Waals surface area contributed by atoms with E-state index >= 15 is 0 Å². The molecule has 174 valence electrons. The molecular weight excluding hydrogens is 429 g/mol. The van der Waals surface area contributed by atoms with E-state index in [2.05, 4.69) is 10.00 Å². The van der Waals surface area contributed by atoms with Crippen LogP contribution in [0.4, 0.5) is 4.39 Å². The quantitative estimate of drug-likeness (QED) is 0.442. The highest BCUT2D eigenvalue weighted by Crippen LogP contribution is 2.28. The Kier molecular flexibility index (Phi) is 6.11. The van der Waals surface area contributed by atoms with Crippen molar-refractivity contribution in [1.82, 2.24) is 24.6 Å². The summed E-state index contributed by atoms with van der Waals surface area (Å²) in [5, 5.41) is 5.41. The van der Waals surface area contributed by atoms with E-state index in [1.807, 2.05) is 66.0 Å². The van der Waals surface area contributed by atoms with Crippen molar-refractivity contribution in [2.45, 2.75) is 26.9 Å². The van der Waals surface area contributed by atoms with E-state index in [1.165, 1.54) is 6.07 Å². The summed E-state index contributed by atoms with van der Waals surface area (Å²) >= 11 is 0. The van der Waals surface area contributed by atoms with Crippen molar-refractivity contribution in [2.24, 2.45) is 0 Å². The Labute approximate surface area is 198 Å². The molecule has 6 nitrogen and oxygen atoms in total. The number of rotatable bonds is 5. The zero-order chi connectivity index (χ0) is 23.7. The van der Waals surface area contributed by atoms with Crippen molar-refractivity contribution in [3.63, 3.8) is 0 Å². The Bertz CT molecular complexity index is 1340.